The van der Waals surface area contributed by atoms with Crippen LogP contribution in [-0.2, 0) is 14.3 Å². The van der Waals surface area contributed by atoms with Gasteiger partial charge in [-0.1, -0.05) is 36.5 Å². The highest BCUT2D eigenvalue weighted by Gasteiger charge is 2.36. The number of allylic oxidation sites excluding steroid dienone is 1. The molecule has 240 valence electrons. The van der Waals surface area contributed by atoms with E-state index in [1.165, 1.54) is 30.9 Å². The van der Waals surface area contributed by atoms with Crippen molar-refractivity contribution in [3.05, 3.63) is 106 Å². The Balaban J connectivity index is 1.66. The highest BCUT2D eigenvalue weighted by Crippen LogP contribution is 2.41. The van der Waals surface area contributed by atoms with Gasteiger partial charge >= 0.3 is 5.97 Å². The molecule has 4 aromatic rings. The lowest BCUT2D eigenvalue weighted by Gasteiger charge is -2.27. The number of aryl methyl sites for hydroxylation is 1. The number of aromatic nitrogens is 1. The predicted octanol–water partition coefficient (Wildman–Crippen LogP) is 4.70. The molecule has 0 amide bonds. The molecule has 1 atom stereocenters. The first kappa shape index (κ1) is 32.4. The minimum atomic E-state index is -0.935. The van der Waals surface area contributed by atoms with Gasteiger partial charge in [0.2, 0.25) is 0 Å². The summed E-state index contributed by atoms with van der Waals surface area (Å²) in [7, 11) is 3.03. The molecular weight excluding hydrogens is 614 g/mol. The third-order valence-corrected chi connectivity index (χ3v) is 8.32. The summed E-state index contributed by atoms with van der Waals surface area (Å²) in [6.45, 7) is 6.11. The van der Waals surface area contributed by atoms with Gasteiger partial charge in [0.25, 0.3) is 11.2 Å². The molecule has 0 radical (unpaired) electrons. The average molecular weight is 648 g/mol. The number of nitro benzene ring substituents is 1. The highest BCUT2D eigenvalue weighted by molar-refractivity contribution is 7.07. The number of benzene rings is 2. The summed E-state index contributed by atoms with van der Waals surface area (Å²) in [4.78, 5) is 43.6. The molecule has 5 rings (SSSR count). The Labute approximate surface area is 268 Å². The van der Waals surface area contributed by atoms with Gasteiger partial charge in [-0.3, -0.25) is 19.5 Å². The molecule has 0 bridgehead atoms. The van der Waals surface area contributed by atoms with Crippen molar-refractivity contribution < 1.29 is 33.1 Å². The Morgan fingerprint density at radius 3 is 2.65 bits per heavy atom. The van der Waals surface area contributed by atoms with Crippen molar-refractivity contribution in [3.8, 4) is 22.8 Å². The number of thiazole rings is 1. The van der Waals surface area contributed by atoms with Crippen LogP contribution in [0.1, 0.15) is 43.2 Å². The first-order chi connectivity index (χ1) is 22.2. The number of non-ortho nitro benzene ring substituents is 1. The molecule has 2 aromatic carbocycles. The quantitative estimate of drug-likeness (QED) is 0.0925. The number of nitrogens with zero attached hydrogens (tertiary/aromatic N) is 3. The van der Waals surface area contributed by atoms with Gasteiger partial charge in [0.05, 0.1) is 41.0 Å². The van der Waals surface area contributed by atoms with E-state index >= 15 is 0 Å². The Morgan fingerprint density at radius 2 is 1.93 bits per heavy atom. The van der Waals surface area contributed by atoms with E-state index in [-0.39, 0.29) is 24.5 Å². The molecule has 0 unspecified atom stereocenters. The van der Waals surface area contributed by atoms with Gasteiger partial charge in [-0.2, -0.15) is 0 Å². The number of para-hydroxylation sites is 1. The lowest BCUT2D eigenvalue weighted by Crippen LogP contribution is -2.40. The second-order valence-electron chi connectivity index (χ2n) is 10.4. The van der Waals surface area contributed by atoms with Crippen LogP contribution in [0.15, 0.2) is 74.0 Å². The number of esters is 1. The maximum absolute atomic E-state index is 14.2. The molecule has 1 aliphatic rings. The van der Waals surface area contributed by atoms with Gasteiger partial charge in [0.1, 0.15) is 24.2 Å². The van der Waals surface area contributed by atoms with Gasteiger partial charge in [-0.05, 0) is 44.0 Å². The Hall–Kier alpha value is -5.01. The normalized spacial score (nSPS) is 14.5. The van der Waals surface area contributed by atoms with Crippen LogP contribution in [0.3, 0.4) is 0 Å². The summed E-state index contributed by atoms with van der Waals surface area (Å²) in [5.41, 5.74) is 2.02. The van der Waals surface area contributed by atoms with E-state index in [1.54, 1.807) is 49.4 Å². The first-order valence-corrected chi connectivity index (χ1v) is 15.3. The van der Waals surface area contributed by atoms with Crippen molar-refractivity contribution in [2.75, 3.05) is 34.0 Å². The van der Waals surface area contributed by atoms with E-state index in [0.29, 0.717) is 55.8 Å². The van der Waals surface area contributed by atoms with Crippen LogP contribution < -0.4 is 24.4 Å². The van der Waals surface area contributed by atoms with Crippen LogP contribution in [0, 0.1) is 17.0 Å². The zero-order valence-electron chi connectivity index (χ0n) is 26.0. The van der Waals surface area contributed by atoms with Crippen LogP contribution in [0.25, 0.3) is 17.4 Å². The predicted molar refractivity (Wildman–Crippen MR) is 171 cm³/mol. The number of nitro groups is 1. The van der Waals surface area contributed by atoms with Crippen LogP contribution in [-0.4, -0.2) is 49.5 Å². The topological polar surface area (TPSA) is 145 Å². The third kappa shape index (κ3) is 6.37. The van der Waals surface area contributed by atoms with Crippen LogP contribution >= 0.6 is 11.3 Å². The number of hydrogen-bond acceptors (Lipinski definition) is 11. The molecule has 0 N–H and O–H groups in total. The molecule has 2 aromatic heterocycles. The number of ether oxygens (including phenoxy) is 4. The summed E-state index contributed by atoms with van der Waals surface area (Å²) >= 11 is 1.14. The second-order valence-corrected chi connectivity index (χ2v) is 11.4. The number of carbonyl (C=O) groups excluding carboxylic acids is 1. The molecule has 0 fully saturated rings. The Morgan fingerprint density at radius 1 is 1.13 bits per heavy atom. The average Bonchev–Trinajstić information content (AvgIpc) is 3.63. The van der Waals surface area contributed by atoms with Crippen LogP contribution in [0.2, 0.25) is 0 Å². The molecule has 0 saturated carbocycles. The second kappa shape index (κ2) is 14.0. The SMILES string of the molecule is CCCOc1c(OC)cccc1[C@H]1C(C(=O)OCCOC)=C(C)N=c2s/c(=C/c3ccc(-c4cc([N+](=O)[O-])ccc4C)o3)c(=O)n21. The van der Waals surface area contributed by atoms with Gasteiger partial charge in [-0.15, -0.1) is 0 Å². The maximum atomic E-state index is 14.2. The van der Waals surface area contributed by atoms with Gasteiger partial charge in [-0.25, -0.2) is 9.79 Å². The van der Waals surface area contributed by atoms with Crippen LogP contribution in [0.4, 0.5) is 5.69 Å². The molecular formula is C33H33N3O9S. The summed E-state index contributed by atoms with van der Waals surface area (Å²) in [6, 6.07) is 12.3. The van der Waals surface area contributed by atoms with Crippen molar-refractivity contribution in [3.63, 3.8) is 0 Å². The Bertz CT molecular complexity index is 2000. The minimum absolute atomic E-state index is 0.0193. The monoisotopic (exact) mass is 647 g/mol. The summed E-state index contributed by atoms with van der Waals surface area (Å²) in [6.07, 6.45) is 2.31. The number of hydrogen-bond donors (Lipinski definition) is 0. The number of carbonyl (C=O) groups is 1. The fourth-order valence-electron chi connectivity index (χ4n) is 5.13. The van der Waals surface area contributed by atoms with Crippen molar-refractivity contribution in [1.82, 2.24) is 4.57 Å². The van der Waals surface area contributed by atoms with Gasteiger partial charge in [0.15, 0.2) is 16.3 Å². The van der Waals surface area contributed by atoms with Gasteiger partial charge < -0.3 is 23.4 Å². The zero-order chi connectivity index (χ0) is 33.0. The fraction of sp³-hybridized carbons (Fsp3) is 0.303. The lowest BCUT2D eigenvalue weighted by atomic mass is 9.94. The molecule has 13 heteroatoms. The van der Waals surface area contributed by atoms with E-state index in [2.05, 4.69) is 4.99 Å². The van der Waals surface area contributed by atoms with Crippen LogP contribution in [0.5, 0.6) is 11.5 Å². The molecule has 0 saturated heterocycles. The lowest BCUT2D eigenvalue weighted by molar-refractivity contribution is -0.384. The van der Waals surface area contributed by atoms with Crippen molar-refractivity contribution in [2.24, 2.45) is 4.99 Å². The number of fused-ring (bicyclic) bond motifs is 1. The van der Waals surface area contributed by atoms with E-state index in [4.69, 9.17) is 23.4 Å². The molecule has 0 spiro atoms. The number of rotatable bonds is 12. The Kier molecular flexibility index (Phi) is 9.83. The molecule has 1 aliphatic heterocycles. The van der Waals surface area contributed by atoms with Crippen molar-refractivity contribution >= 4 is 29.1 Å². The molecule has 12 nitrogen and oxygen atoms in total. The van der Waals surface area contributed by atoms with Gasteiger partial charge in [0, 0.05) is 36.4 Å². The number of methoxy groups -OCH3 is 2. The third-order valence-electron chi connectivity index (χ3n) is 7.33. The van der Waals surface area contributed by atoms with Crippen molar-refractivity contribution in [1.29, 1.82) is 0 Å². The standard InChI is InChI=1S/C33H33N3O9S/c1-6-14-43-30-23(8-7-9-26(30)42-5)29-28(32(38)44-16-15-41-4)20(3)34-33-35(29)31(37)27(46-33)18-22-12-13-25(45-22)24-17-21(36(39)40)11-10-19(24)2/h7-13,17-18,29H,6,14-16H2,1-5H3/b27-18+/t29-/m0/s1. The first-order valence-electron chi connectivity index (χ1n) is 14.5. The maximum Gasteiger partial charge on any atom is 0.338 e. The fourth-order valence-corrected chi connectivity index (χ4v) is 6.16. The van der Waals surface area contributed by atoms with E-state index < -0.39 is 22.5 Å². The highest BCUT2D eigenvalue weighted by atomic mass is 32.1. The zero-order valence-corrected chi connectivity index (χ0v) is 26.8. The largest absolute Gasteiger partial charge is 0.493 e. The summed E-state index contributed by atoms with van der Waals surface area (Å²) in [5, 5.41) is 11.3. The van der Waals surface area contributed by atoms with E-state index in [1.807, 2.05) is 13.8 Å². The molecule has 46 heavy (non-hydrogen) atoms. The summed E-state index contributed by atoms with van der Waals surface area (Å²) in [5.74, 6) is 1.01. The summed E-state index contributed by atoms with van der Waals surface area (Å²) < 4.78 is 30.1. The smallest absolute Gasteiger partial charge is 0.338 e. The minimum Gasteiger partial charge on any atom is -0.493 e. The van der Waals surface area contributed by atoms with E-state index in [0.717, 1.165) is 23.3 Å². The molecule has 3 heterocycles. The number of furan rings is 1. The molecule has 0 aliphatic carbocycles. The van der Waals surface area contributed by atoms with Crippen molar-refractivity contribution in [2.45, 2.75) is 33.2 Å². The van der Waals surface area contributed by atoms with E-state index in [9.17, 15) is 19.7 Å².